The molecule has 176 valence electrons. The van der Waals surface area contributed by atoms with E-state index in [0.29, 0.717) is 18.0 Å². The number of ether oxygens (including phenoxy) is 3. The number of pyridine rings is 1. The molecule has 35 heavy (non-hydrogen) atoms. The molecule has 1 N–H and O–H groups in total. The van der Waals surface area contributed by atoms with Gasteiger partial charge in [0.15, 0.2) is 18.1 Å². The van der Waals surface area contributed by atoms with Gasteiger partial charge in [-0.25, -0.2) is 4.98 Å². The highest BCUT2D eigenvalue weighted by Gasteiger charge is 2.18. The van der Waals surface area contributed by atoms with Gasteiger partial charge in [0.25, 0.3) is 5.91 Å². The minimum Gasteiger partial charge on any atom is -0.481 e. The van der Waals surface area contributed by atoms with Crippen molar-refractivity contribution in [2.45, 2.75) is 19.5 Å². The Morgan fingerprint density at radius 1 is 0.971 bits per heavy atom. The highest BCUT2D eigenvalue weighted by molar-refractivity contribution is 5.86. The molecule has 0 saturated carbocycles. The van der Waals surface area contributed by atoms with Crippen molar-refractivity contribution in [1.82, 2.24) is 10.3 Å². The van der Waals surface area contributed by atoms with E-state index >= 15 is 0 Å². The van der Waals surface area contributed by atoms with Crippen LogP contribution in [0.2, 0.25) is 0 Å². The molecule has 2 aliphatic heterocycles. The van der Waals surface area contributed by atoms with E-state index in [2.05, 4.69) is 46.6 Å². The van der Waals surface area contributed by atoms with E-state index < -0.39 is 0 Å². The number of para-hydroxylation sites is 1. The molecule has 7 heteroatoms. The van der Waals surface area contributed by atoms with E-state index in [-0.39, 0.29) is 19.3 Å². The summed E-state index contributed by atoms with van der Waals surface area (Å²) in [4.78, 5) is 19.7. The summed E-state index contributed by atoms with van der Waals surface area (Å²) in [6, 6.07) is 24.1. The summed E-state index contributed by atoms with van der Waals surface area (Å²) < 4.78 is 16.6. The molecule has 7 nitrogen and oxygen atoms in total. The van der Waals surface area contributed by atoms with Crippen molar-refractivity contribution in [3.8, 4) is 17.2 Å². The molecule has 1 amide bonds. The van der Waals surface area contributed by atoms with Crippen LogP contribution in [0.1, 0.15) is 16.7 Å². The second-order valence-electron chi connectivity index (χ2n) is 8.69. The minimum absolute atomic E-state index is 0.0906. The number of nitrogens with zero attached hydrogens (tertiary/aromatic N) is 2. The number of carbonyl (C=O) groups excluding carboxylic acids is 1. The Kier molecular flexibility index (Phi) is 5.58. The molecule has 0 spiro atoms. The lowest BCUT2D eigenvalue weighted by molar-refractivity contribution is -0.123. The monoisotopic (exact) mass is 467 g/mol. The van der Waals surface area contributed by atoms with Gasteiger partial charge in [0.2, 0.25) is 6.79 Å². The fraction of sp³-hybridized carbons (Fsp3) is 0.214. The molecule has 0 unspecified atom stereocenters. The third-order valence-corrected chi connectivity index (χ3v) is 6.41. The Balaban J connectivity index is 1.13. The number of benzene rings is 3. The van der Waals surface area contributed by atoms with Gasteiger partial charge < -0.3 is 24.4 Å². The Morgan fingerprint density at radius 2 is 1.86 bits per heavy atom. The lowest BCUT2D eigenvalue weighted by Gasteiger charge is -2.30. The molecule has 3 aromatic carbocycles. The summed E-state index contributed by atoms with van der Waals surface area (Å²) >= 11 is 0. The first-order valence-electron chi connectivity index (χ1n) is 11.7. The first-order valence-corrected chi connectivity index (χ1v) is 11.7. The van der Waals surface area contributed by atoms with Crippen molar-refractivity contribution < 1.29 is 19.0 Å². The molecule has 0 bridgehead atoms. The average Bonchev–Trinajstić information content (AvgIpc) is 3.38. The van der Waals surface area contributed by atoms with Crippen molar-refractivity contribution in [2.24, 2.45) is 0 Å². The van der Waals surface area contributed by atoms with Gasteiger partial charge in [-0.3, -0.25) is 4.79 Å². The fourth-order valence-electron chi connectivity index (χ4n) is 4.54. The second-order valence-corrected chi connectivity index (χ2v) is 8.69. The first-order chi connectivity index (χ1) is 17.2. The van der Waals surface area contributed by atoms with Crippen molar-refractivity contribution in [3.05, 3.63) is 89.5 Å². The van der Waals surface area contributed by atoms with Crippen molar-refractivity contribution in [2.75, 3.05) is 24.8 Å². The van der Waals surface area contributed by atoms with Gasteiger partial charge in [-0.2, -0.15) is 0 Å². The summed E-state index contributed by atoms with van der Waals surface area (Å²) in [5.41, 5.74) is 4.43. The van der Waals surface area contributed by atoms with Gasteiger partial charge in [-0.05, 0) is 53.4 Å². The quantitative estimate of drug-likeness (QED) is 0.458. The lowest BCUT2D eigenvalue weighted by Crippen LogP contribution is -2.31. The summed E-state index contributed by atoms with van der Waals surface area (Å²) in [6.07, 6.45) is 0.998. The Hall–Kier alpha value is -4.26. The zero-order valence-corrected chi connectivity index (χ0v) is 19.2. The molecule has 4 aromatic rings. The lowest BCUT2D eigenvalue weighted by atomic mass is 10.00. The fourth-order valence-corrected chi connectivity index (χ4v) is 4.54. The number of anilines is 1. The number of aromatic nitrogens is 1. The van der Waals surface area contributed by atoms with Crippen LogP contribution in [-0.4, -0.2) is 30.8 Å². The normalized spacial score (nSPS) is 14.0. The van der Waals surface area contributed by atoms with Crippen LogP contribution < -0.4 is 24.4 Å². The highest BCUT2D eigenvalue weighted by Crippen LogP contribution is 2.32. The summed E-state index contributed by atoms with van der Waals surface area (Å²) in [6.45, 7) is 2.27. The van der Waals surface area contributed by atoms with Crippen LogP contribution in [0.3, 0.4) is 0 Å². The number of rotatable bonds is 6. The average molecular weight is 468 g/mol. The van der Waals surface area contributed by atoms with Crippen LogP contribution in [0.4, 0.5) is 5.82 Å². The predicted octanol–water partition coefficient (Wildman–Crippen LogP) is 4.22. The van der Waals surface area contributed by atoms with Gasteiger partial charge in [0.1, 0.15) is 17.1 Å². The third kappa shape index (κ3) is 4.45. The summed E-state index contributed by atoms with van der Waals surface area (Å²) in [5.74, 6) is 2.72. The van der Waals surface area contributed by atoms with E-state index in [1.165, 1.54) is 11.1 Å². The van der Waals surface area contributed by atoms with Crippen LogP contribution in [-0.2, 0) is 24.3 Å². The highest BCUT2D eigenvalue weighted by atomic mass is 16.7. The second kappa shape index (κ2) is 9.18. The molecule has 0 fully saturated rings. The van der Waals surface area contributed by atoms with Crippen molar-refractivity contribution >= 4 is 22.6 Å². The van der Waals surface area contributed by atoms with E-state index in [1.54, 1.807) is 0 Å². The standard InChI is InChI=1S/C28H25N3O4/c32-27(29-15-19-8-10-23-25(14-19)35-18-34-23)17-33-24-7-3-6-21-9-11-26(30-28(21)24)31-13-12-20-4-1-2-5-22(20)16-31/h1-11,14H,12-13,15-18H2,(H,29,32). The van der Waals surface area contributed by atoms with Crippen molar-refractivity contribution in [1.29, 1.82) is 0 Å². The number of carbonyl (C=O) groups is 1. The van der Waals surface area contributed by atoms with Crippen LogP contribution >= 0.6 is 0 Å². The number of fused-ring (bicyclic) bond motifs is 3. The molecule has 2 aliphatic rings. The predicted molar refractivity (Wildman–Crippen MR) is 133 cm³/mol. The molecule has 0 atom stereocenters. The van der Waals surface area contributed by atoms with E-state index in [1.807, 2.05) is 36.4 Å². The smallest absolute Gasteiger partial charge is 0.258 e. The zero-order chi connectivity index (χ0) is 23.6. The SMILES string of the molecule is O=C(COc1cccc2ccc(N3CCc4ccccc4C3)nc12)NCc1ccc2c(c1)OCO2. The largest absolute Gasteiger partial charge is 0.481 e. The zero-order valence-electron chi connectivity index (χ0n) is 19.2. The number of nitrogens with one attached hydrogen (secondary N) is 1. The molecule has 6 rings (SSSR count). The van der Waals surface area contributed by atoms with Gasteiger partial charge in [-0.15, -0.1) is 0 Å². The molecule has 0 saturated heterocycles. The van der Waals surface area contributed by atoms with Crippen LogP contribution in [0.5, 0.6) is 17.2 Å². The summed E-state index contributed by atoms with van der Waals surface area (Å²) in [5, 5.41) is 3.87. The van der Waals surface area contributed by atoms with Gasteiger partial charge in [0.05, 0.1) is 0 Å². The Bertz CT molecular complexity index is 1400. The van der Waals surface area contributed by atoms with Gasteiger partial charge in [0, 0.05) is 25.0 Å². The first kappa shape index (κ1) is 21.3. The Morgan fingerprint density at radius 3 is 2.80 bits per heavy atom. The van der Waals surface area contributed by atoms with Crippen LogP contribution in [0, 0.1) is 0 Å². The van der Waals surface area contributed by atoms with Crippen LogP contribution in [0.25, 0.3) is 10.9 Å². The molecule has 3 heterocycles. The maximum absolute atomic E-state index is 12.5. The molecule has 0 radical (unpaired) electrons. The topological polar surface area (TPSA) is 72.9 Å². The molecular weight excluding hydrogens is 442 g/mol. The summed E-state index contributed by atoms with van der Waals surface area (Å²) in [7, 11) is 0. The van der Waals surface area contributed by atoms with Crippen molar-refractivity contribution in [3.63, 3.8) is 0 Å². The number of hydrogen-bond donors (Lipinski definition) is 1. The maximum Gasteiger partial charge on any atom is 0.258 e. The van der Waals surface area contributed by atoms with Crippen LogP contribution in [0.15, 0.2) is 72.8 Å². The van der Waals surface area contributed by atoms with Gasteiger partial charge in [-0.1, -0.05) is 42.5 Å². The number of hydrogen-bond acceptors (Lipinski definition) is 6. The minimum atomic E-state index is -0.205. The Labute approximate surface area is 203 Å². The van der Waals surface area contributed by atoms with E-state index in [9.17, 15) is 4.79 Å². The van der Waals surface area contributed by atoms with E-state index in [4.69, 9.17) is 19.2 Å². The van der Waals surface area contributed by atoms with Gasteiger partial charge >= 0.3 is 0 Å². The number of amides is 1. The maximum atomic E-state index is 12.5. The molecule has 1 aromatic heterocycles. The van der Waals surface area contributed by atoms with E-state index in [0.717, 1.165) is 47.5 Å². The molecule has 0 aliphatic carbocycles. The third-order valence-electron chi connectivity index (χ3n) is 6.41. The molecular formula is C28H25N3O4.